The molecule has 1 radical (unpaired) electrons. The first-order chi connectivity index (χ1) is 33.8. The van der Waals surface area contributed by atoms with Crippen molar-refractivity contribution in [1.82, 2.24) is 36.1 Å². The van der Waals surface area contributed by atoms with Crippen LogP contribution in [-0.2, 0) is 76.2 Å². The number of pyridine rings is 2. The summed E-state index contributed by atoms with van der Waals surface area (Å²) in [5.74, 6) is -5.63. The summed E-state index contributed by atoms with van der Waals surface area (Å²) >= 11 is 0. The first-order valence-corrected chi connectivity index (χ1v) is 22.3. The molecule has 3 atom stereocenters. The van der Waals surface area contributed by atoms with Gasteiger partial charge >= 0.3 is 63.8 Å². The zero-order valence-electron chi connectivity index (χ0n) is 39.0. The maximum Gasteiger partial charge on any atom is 0 e. The second-order valence-electron chi connectivity index (χ2n) is 15.7. The van der Waals surface area contributed by atoms with E-state index in [2.05, 4.69) is 58.3 Å². The van der Waals surface area contributed by atoms with Crippen LogP contribution in [0.4, 0.5) is 4.79 Å². The van der Waals surface area contributed by atoms with Crippen molar-refractivity contribution >= 4 is 63.5 Å². The Bertz CT molecular complexity index is 2270. The van der Waals surface area contributed by atoms with Crippen LogP contribution in [0.1, 0.15) is 101 Å². The summed E-state index contributed by atoms with van der Waals surface area (Å²) < 4.78 is 22.5. The number of carbonyl (C=O) groups is 7. The number of aromatic nitrogens is 2. The van der Waals surface area contributed by atoms with E-state index >= 15 is 0 Å². The van der Waals surface area contributed by atoms with Crippen molar-refractivity contribution in [3.63, 3.8) is 0 Å². The number of para-hydroxylation sites is 2. The fraction of sp³-hybridized carbons (Fsp3) is 0.429. The van der Waals surface area contributed by atoms with Crippen LogP contribution in [0.3, 0.4) is 0 Å². The van der Waals surface area contributed by atoms with Gasteiger partial charge in [-0.15, -0.1) is 0 Å². The molecule has 0 fully saturated rings. The molecule has 4 amide bonds. The summed E-state index contributed by atoms with van der Waals surface area (Å²) in [4.78, 5) is 94.8. The van der Waals surface area contributed by atoms with Gasteiger partial charge in [-0.05, 0) is 88.6 Å². The Labute approximate surface area is 424 Å². The largest absolute Gasteiger partial charge is 0 e. The molecule has 0 unspecified atom stereocenters. The fourth-order valence-corrected chi connectivity index (χ4v) is 7.13. The van der Waals surface area contributed by atoms with Crippen molar-refractivity contribution in [2.75, 3.05) is 13.1 Å². The molecule has 71 heavy (non-hydrogen) atoms. The molecule has 0 saturated carbocycles. The van der Waals surface area contributed by atoms with Gasteiger partial charge in [0.1, 0.15) is 18.1 Å². The normalized spacial score (nSPS) is 11.4. The molecule has 0 aliphatic rings. The quantitative estimate of drug-likeness (QED) is 0.0191. The Hall–Kier alpha value is -6.81. The van der Waals surface area contributed by atoms with Gasteiger partial charge in [0, 0.05) is 70.1 Å². The Morgan fingerprint density at radius 3 is 1.42 bits per heavy atom. The second-order valence-corrected chi connectivity index (χ2v) is 15.7. The molecule has 0 saturated heterocycles. The summed E-state index contributed by atoms with van der Waals surface area (Å²) in [6.45, 7) is 15.6. The molecule has 0 aliphatic heterocycles. The number of fused-ring (bicyclic) bond motifs is 2. The van der Waals surface area contributed by atoms with Crippen molar-refractivity contribution in [2.45, 2.75) is 121 Å². The molecular weight excluding hydrogens is 1100 g/mol. The number of nitrogens with one attached hydrogen (secondary N) is 4. The number of carboxylic acid groups (broad SMARTS) is 4. The number of carbonyl (C=O) groups excluding carboxylic acids is 3. The summed E-state index contributed by atoms with van der Waals surface area (Å²) in [6.07, 6.45) is 4.39. The predicted molar refractivity (Wildman–Crippen MR) is 249 cm³/mol. The molecule has 2 heterocycles. The smallest absolute Gasteiger partial charge is 0 e. The van der Waals surface area contributed by atoms with Gasteiger partial charge in [0.25, 0.3) is 0 Å². The number of hydrogen-bond donors (Lipinski definition) is 8. The maximum atomic E-state index is 12.7. The minimum absolute atomic E-state index is 0. The number of nitrogens with zero attached hydrogens (tertiary/aromatic N) is 3. The molecule has 22 heteroatoms. The Morgan fingerprint density at radius 1 is 0.507 bits per heavy atom. The predicted octanol–water partition coefficient (Wildman–Crippen LogP) is 5.11. The van der Waals surface area contributed by atoms with Crippen molar-refractivity contribution in [3.05, 3.63) is 104 Å². The first-order valence-electron chi connectivity index (χ1n) is 22.3. The van der Waals surface area contributed by atoms with Crippen molar-refractivity contribution in [2.24, 2.45) is 0 Å². The van der Waals surface area contributed by atoms with Gasteiger partial charge in [-0.1, -0.05) is 61.4 Å². The SMILES string of the molecule is O=C(O)CC[C@H](NC(=O)N[C@@H](CCCCNC(=O)CCCCCCC(=O)N[C@@H](CCCCN(Cc1ccc2ccccc2n1)Cc1ccc2ccccc2n1)C(=O)O)C(=O)O)C(=O)O.[C-]#[O+].[C-]#[O+].[C-]#[O+].[Re]. The van der Waals surface area contributed by atoms with E-state index in [1.54, 1.807) is 0 Å². The van der Waals surface area contributed by atoms with Gasteiger partial charge in [-0.2, -0.15) is 0 Å². The number of carboxylic acids is 4. The van der Waals surface area contributed by atoms with Crippen LogP contribution >= 0.6 is 0 Å². The fourth-order valence-electron chi connectivity index (χ4n) is 7.13. The maximum absolute atomic E-state index is 12.7. The van der Waals surface area contributed by atoms with E-state index in [1.165, 1.54) is 0 Å². The monoisotopic (exact) mass is 1160 g/mol. The van der Waals surface area contributed by atoms with Crippen LogP contribution in [-0.4, -0.2) is 108 Å². The molecule has 4 aromatic rings. The van der Waals surface area contributed by atoms with E-state index in [4.69, 9.17) is 29.0 Å². The van der Waals surface area contributed by atoms with E-state index in [0.29, 0.717) is 71.0 Å². The third-order valence-electron chi connectivity index (χ3n) is 10.6. The Balaban J connectivity index is 0.00000673. The van der Waals surface area contributed by atoms with E-state index < -0.39 is 54.5 Å². The van der Waals surface area contributed by atoms with Crippen LogP contribution < -0.4 is 21.3 Å². The van der Waals surface area contributed by atoms with E-state index in [9.17, 15) is 48.9 Å². The molecule has 21 nitrogen and oxygen atoms in total. The summed E-state index contributed by atoms with van der Waals surface area (Å²) in [5, 5.41) is 49.1. The minimum atomic E-state index is -1.50. The zero-order chi connectivity index (χ0) is 52.3. The molecule has 0 spiro atoms. The van der Waals surface area contributed by atoms with Crippen molar-refractivity contribution in [3.8, 4) is 0 Å². The average Bonchev–Trinajstić information content (AvgIpc) is 3.35. The number of hydrogen-bond acceptors (Lipinski definition) is 10. The summed E-state index contributed by atoms with van der Waals surface area (Å²) in [7, 11) is 0. The third-order valence-corrected chi connectivity index (χ3v) is 10.6. The standard InChI is InChI=1S/C46H59N7O11.3CO.Re/c54-40(47-27-11-9-17-38(44(60)61)51-46(64)52-39(45(62)63)25-26-42(56)57)19-3-1-2-4-20-41(55)50-37(43(58)59)18-10-12-28-53(29-33-23-21-31-13-5-7-15-35(31)48-33)30-34-24-22-32-14-6-8-16-36(32)49-34;3*1-2;/h5-8,13-16,21-24,37-39H,1-4,9-12,17-20,25-30H2,(H,47,54)(H,50,55)(H,56,57)(H,58,59)(H,60,61)(H,62,63)(H2,51,52,64);;;;/t37-,38-,39-;;;;/m0..../s1. The third kappa shape index (κ3) is 26.7. The van der Waals surface area contributed by atoms with E-state index in [-0.39, 0.29) is 70.9 Å². The molecule has 2 aromatic heterocycles. The Kier molecular flexibility index (Phi) is 34.4. The molecule has 8 N–H and O–H groups in total. The van der Waals surface area contributed by atoms with Crippen LogP contribution in [0, 0.1) is 20.0 Å². The first kappa shape index (κ1) is 64.2. The number of benzene rings is 2. The number of unbranched alkanes of at least 4 members (excludes halogenated alkanes) is 5. The zero-order valence-corrected chi connectivity index (χ0v) is 41.7. The van der Waals surface area contributed by atoms with Crippen molar-refractivity contribution in [1.29, 1.82) is 0 Å². The van der Waals surface area contributed by atoms with Gasteiger partial charge in [-0.25, -0.2) is 19.2 Å². The molecule has 4 rings (SSSR count). The van der Waals surface area contributed by atoms with Crippen LogP contribution in [0.2, 0.25) is 0 Å². The van der Waals surface area contributed by atoms with Crippen LogP contribution in [0.5, 0.6) is 0 Å². The van der Waals surface area contributed by atoms with Gasteiger partial charge in [0.05, 0.1) is 22.4 Å². The molecule has 381 valence electrons. The van der Waals surface area contributed by atoms with Gasteiger partial charge in [0.2, 0.25) is 11.8 Å². The number of rotatable bonds is 30. The van der Waals surface area contributed by atoms with Gasteiger partial charge in [-0.3, -0.25) is 29.3 Å². The second kappa shape index (κ2) is 38.0. The molecular formula is C49H59N7O14Re. The van der Waals surface area contributed by atoms with Gasteiger partial charge < -0.3 is 41.7 Å². The van der Waals surface area contributed by atoms with Crippen LogP contribution in [0.25, 0.3) is 21.8 Å². The number of aliphatic carboxylic acids is 4. The van der Waals surface area contributed by atoms with Crippen molar-refractivity contribution < 1.29 is 88.4 Å². The average molecular weight is 1160 g/mol. The Morgan fingerprint density at radius 2 is 0.944 bits per heavy atom. The summed E-state index contributed by atoms with van der Waals surface area (Å²) in [6, 6.07) is 19.2. The van der Waals surface area contributed by atoms with Crippen LogP contribution in [0.15, 0.2) is 72.8 Å². The topological polar surface area (TPSA) is 337 Å². The van der Waals surface area contributed by atoms with E-state index in [1.807, 2.05) is 60.7 Å². The van der Waals surface area contributed by atoms with E-state index in [0.717, 1.165) is 33.2 Å². The minimum Gasteiger partial charge on any atom is 0 e. The molecule has 0 aliphatic carbocycles. The number of amides is 4. The summed E-state index contributed by atoms with van der Waals surface area (Å²) in [5.41, 5.74) is 3.68. The van der Waals surface area contributed by atoms with Gasteiger partial charge in [0.15, 0.2) is 0 Å². The number of urea groups is 1. The molecule has 0 bridgehead atoms. The molecule has 2 aromatic carbocycles.